The van der Waals surface area contributed by atoms with Crippen molar-refractivity contribution in [2.24, 2.45) is 42.3 Å². The molecule has 1 aliphatic rings. The lowest BCUT2D eigenvalue weighted by Crippen LogP contribution is -2.25. The molecule has 0 saturated carbocycles. The second-order valence-electron chi connectivity index (χ2n) is 28.1. The number of hydrazone groups is 6. The first kappa shape index (κ1) is 99.7. The fourth-order valence-corrected chi connectivity index (χ4v) is 12.8. The van der Waals surface area contributed by atoms with Gasteiger partial charge in [-0.25, -0.2) is 32.6 Å². The number of tetrazole rings is 1. The summed E-state index contributed by atoms with van der Waals surface area (Å²) in [5.74, 6) is 1.85. The van der Waals surface area contributed by atoms with Gasteiger partial charge in [0.15, 0.2) is 17.3 Å². The second-order valence-corrected chi connectivity index (χ2v) is 31.3. The summed E-state index contributed by atoms with van der Waals surface area (Å²) in [7, 11) is 7.11. The maximum absolute atomic E-state index is 12.3. The number of carbonyl (C=O) groups excluding carboxylic acids is 6. The van der Waals surface area contributed by atoms with Crippen LogP contribution in [0.25, 0.3) is 0 Å². The van der Waals surface area contributed by atoms with Gasteiger partial charge < -0.3 is 35.2 Å². The average molecular weight is 1910 g/mol. The average Bonchev–Trinajstić information content (AvgIpc) is 1.80. The van der Waals surface area contributed by atoms with Crippen LogP contribution in [0.3, 0.4) is 0 Å². The molecule has 8 aromatic carbocycles. The normalized spacial score (nSPS) is 11.7. The number of phenols is 2. The minimum Gasteiger partial charge on any atom is -0.508 e. The molecule has 666 valence electrons. The molecule has 4 aromatic heterocycles. The van der Waals surface area contributed by atoms with Crippen LogP contribution in [-0.2, 0) is 33.1 Å². The number of nitrogens with two attached hydrogens (primary N) is 1. The Morgan fingerprint density at radius 1 is 0.581 bits per heavy atom. The summed E-state index contributed by atoms with van der Waals surface area (Å²) in [5.41, 5.74) is 30.6. The molecular weight excluding hydrogens is 1810 g/mol. The van der Waals surface area contributed by atoms with E-state index in [0.717, 1.165) is 75.0 Å². The number of hydrogen-bond donors (Lipinski definition) is 9. The monoisotopic (exact) mass is 1910 g/mol. The number of hydrogen-bond acceptors (Lipinski definition) is 25. The Labute approximate surface area is 773 Å². The molecule has 36 heteroatoms. The summed E-state index contributed by atoms with van der Waals surface area (Å²) >= 11 is 14.2. The summed E-state index contributed by atoms with van der Waals surface area (Å²) in [6.07, 6.45) is 18.7. The molecule has 1 atom stereocenters. The number of pyridine rings is 3. The lowest BCUT2D eigenvalue weighted by molar-refractivity contribution is -0.122. The van der Waals surface area contributed by atoms with Gasteiger partial charge in [0.05, 0.1) is 62.5 Å². The van der Waals surface area contributed by atoms with Crippen molar-refractivity contribution in [3.8, 4) is 23.0 Å². The first-order chi connectivity index (χ1) is 62.4. The van der Waals surface area contributed by atoms with E-state index in [2.05, 4.69) is 156 Å². The molecule has 1 aliphatic heterocycles. The van der Waals surface area contributed by atoms with E-state index in [0.29, 0.717) is 67.7 Å². The molecule has 0 spiro atoms. The molecule has 1 fully saturated rings. The van der Waals surface area contributed by atoms with Crippen molar-refractivity contribution in [1.82, 2.24) is 67.7 Å². The van der Waals surface area contributed by atoms with Gasteiger partial charge in [0.25, 0.3) is 29.6 Å². The van der Waals surface area contributed by atoms with Crippen LogP contribution in [0.4, 0.5) is 11.6 Å². The molecule has 32 nitrogen and oxygen atoms in total. The molecule has 10 N–H and O–H groups in total. The van der Waals surface area contributed by atoms with E-state index in [4.69, 9.17) is 26.8 Å². The SMILES string of the molecule is CC(C)Cc1ccc(C(C)C(=O)N/N=C/c2ccc(N(C)C)cc2)cc1.COc1cccc(/C=N/NC(=O)c2ccncc2)c1OC.NC(=NNC(=O)c1cccnc1)c1ccccn1.O=C(CSCc1ccccc1Br)N/N=C/c1ccc(Br)cc1.O=C(Cn1nnc(N2CCCC2)n1)N/N=C/c1ccc(Cl)cc1.O=C(N/N=C/c1ccccc1O)c1cccc(O)c1. The van der Waals surface area contributed by atoms with Crippen molar-refractivity contribution in [3.05, 3.63) is 342 Å². The third-order valence-electron chi connectivity index (χ3n) is 17.7. The first-order valence-corrected chi connectivity index (χ1v) is 43.0. The number of amides is 6. The zero-order valence-electron chi connectivity index (χ0n) is 71.5. The fourth-order valence-electron chi connectivity index (χ4n) is 11.0. The highest BCUT2D eigenvalue weighted by molar-refractivity contribution is 9.10. The number of nitrogens with one attached hydrogen (secondary N) is 6. The second kappa shape index (κ2) is 54.9. The Kier molecular flexibility index (Phi) is 42.5. The molecule has 1 saturated heterocycles. The highest BCUT2D eigenvalue weighted by Crippen LogP contribution is 2.30. The zero-order valence-corrected chi connectivity index (χ0v) is 76.3. The van der Waals surface area contributed by atoms with Crippen LogP contribution < -0.4 is 57.6 Å². The molecule has 13 rings (SSSR count). The Morgan fingerprint density at radius 3 is 1.79 bits per heavy atom. The molecule has 6 amide bonds. The van der Waals surface area contributed by atoms with Gasteiger partial charge >= 0.3 is 0 Å². The van der Waals surface area contributed by atoms with Crippen molar-refractivity contribution in [2.75, 3.05) is 57.0 Å². The van der Waals surface area contributed by atoms with Gasteiger partial charge in [0, 0.05) is 106 Å². The Morgan fingerprint density at radius 2 is 1.17 bits per heavy atom. The van der Waals surface area contributed by atoms with Crippen LogP contribution in [0.15, 0.2) is 301 Å². The molecule has 5 heterocycles. The third-order valence-corrected chi connectivity index (χ3v) is 20.3. The Balaban J connectivity index is 0.000000192. The van der Waals surface area contributed by atoms with Crippen molar-refractivity contribution < 1.29 is 48.5 Å². The minimum atomic E-state index is -0.442. The number of nitrogens with zero attached hydrogens (tertiary/aromatic N) is 15. The van der Waals surface area contributed by atoms with Crippen LogP contribution in [-0.4, -0.2) is 165 Å². The summed E-state index contributed by atoms with van der Waals surface area (Å²) < 4.78 is 12.5. The van der Waals surface area contributed by atoms with Gasteiger partial charge in [-0.15, -0.1) is 16.9 Å². The Hall–Kier alpha value is -14.7. The van der Waals surface area contributed by atoms with E-state index in [9.17, 15) is 39.0 Å². The van der Waals surface area contributed by atoms with E-state index in [1.807, 2.05) is 123 Å². The summed E-state index contributed by atoms with van der Waals surface area (Å²) in [5, 5.41) is 54.8. The number of amidine groups is 1. The molecule has 1 unspecified atom stereocenters. The number of ether oxygens (including phenoxy) is 2. The number of phenolic OH excluding ortho intramolecular Hbond substituents is 2. The van der Waals surface area contributed by atoms with Gasteiger partial charge in [-0.3, -0.25) is 43.7 Å². The molecule has 12 aromatic rings. The first-order valence-electron chi connectivity index (χ1n) is 39.9. The standard InChI is InChI=1S/C22H29N3O.C16H14Br2N2OS.C15H15N3O3.C14H16ClN7O.C14H12N2O3.C12H11N5O/c1-16(2)14-18-6-10-20(11-7-18)17(3)22(26)24-23-15-19-8-12-21(13-9-19)25(4)5;17-14-7-5-12(6-8-14)9-19-20-16(21)11-22-10-13-3-1-2-4-15(13)18;1-20-13-5-3-4-12(14(13)21-2)10-17-18-15(19)11-6-8-16-9-7-11;15-12-5-3-11(4-6-12)9-16-17-13(23)10-22-19-14(18-20-22)21-7-1-2-8-21;17-12-6-3-5-10(8-12)14(19)16-15-9-11-4-1-2-7-13(11)18;13-11(10-5-1-2-7-15-10)16-17-12(18)9-4-3-6-14-8-9/h6-13,15-17H,14H2,1-5H3,(H,24,26);1-9H,10-11H2,(H,20,21);3-10H,1-2H3,(H,18,19);3-6,9H,1-2,7-8,10H2,(H,17,23);1-9,17-18H,(H,16,19);1-8H,(H2,13,16)(H,17,18)/b23-15+;19-9+;17-10+;16-9+;15-9+;. The van der Waals surface area contributed by atoms with Crippen LogP contribution in [0.5, 0.6) is 23.0 Å². The van der Waals surface area contributed by atoms with E-state index in [-0.39, 0.29) is 59.3 Å². The van der Waals surface area contributed by atoms with Gasteiger partial charge in [-0.05, 0) is 192 Å². The number of aromatic nitrogens is 7. The van der Waals surface area contributed by atoms with Gasteiger partial charge in [-0.1, -0.05) is 172 Å². The van der Waals surface area contributed by atoms with Crippen molar-refractivity contribution in [3.63, 3.8) is 0 Å². The number of methoxy groups -OCH3 is 2. The zero-order chi connectivity index (χ0) is 92.5. The summed E-state index contributed by atoms with van der Waals surface area (Å²) in [6, 6.07) is 68.8. The lowest BCUT2D eigenvalue weighted by atomic mass is 9.96. The number of halogens is 3. The number of anilines is 2. The number of carbonyl (C=O) groups is 6. The molecule has 0 aliphatic carbocycles. The number of aromatic hydroxyl groups is 2. The predicted octanol–water partition coefficient (Wildman–Crippen LogP) is 14.1. The topological polar surface area (TPSA) is 422 Å². The van der Waals surface area contributed by atoms with Crippen LogP contribution in [0.2, 0.25) is 5.02 Å². The van der Waals surface area contributed by atoms with Crippen molar-refractivity contribution in [1.29, 1.82) is 0 Å². The molecule has 129 heavy (non-hydrogen) atoms. The quantitative estimate of drug-likeness (QED) is 0.0119. The van der Waals surface area contributed by atoms with Gasteiger partial charge in [-0.2, -0.15) is 35.4 Å². The molecule has 0 radical (unpaired) electrons. The van der Waals surface area contributed by atoms with Crippen LogP contribution in [0.1, 0.15) is 121 Å². The predicted molar refractivity (Wildman–Crippen MR) is 513 cm³/mol. The molecule has 0 bridgehead atoms. The van der Waals surface area contributed by atoms with Gasteiger partial charge in [0.1, 0.15) is 23.7 Å². The fraction of sp³-hybridized carbons (Fsp3) is 0.183. The van der Waals surface area contributed by atoms with E-state index < -0.39 is 5.91 Å². The minimum absolute atomic E-state index is 0.0114. The van der Waals surface area contributed by atoms with Crippen LogP contribution >= 0.6 is 55.2 Å². The van der Waals surface area contributed by atoms with E-state index >= 15 is 0 Å². The highest BCUT2D eigenvalue weighted by atomic mass is 79.9. The van der Waals surface area contributed by atoms with E-state index in [1.54, 1.807) is 173 Å². The number of benzene rings is 8. The lowest BCUT2D eigenvalue weighted by Gasteiger charge is -2.12. The van der Waals surface area contributed by atoms with Gasteiger partial charge in [0.2, 0.25) is 11.8 Å². The van der Waals surface area contributed by atoms with Crippen LogP contribution in [0, 0.1) is 5.92 Å². The smallest absolute Gasteiger partial charge is 0.272 e. The summed E-state index contributed by atoms with van der Waals surface area (Å²) in [6.45, 7) is 8.14. The summed E-state index contributed by atoms with van der Waals surface area (Å²) in [4.78, 5) is 88.0. The number of para-hydroxylation sites is 2. The third kappa shape index (κ3) is 36.4. The van der Waals surface area contributed by atoms with Crippen molar-refractivity contribution in [2.45, 2.75) is 58.2 Å². The highest BCUT2D eigenvalue weighted by Gasteiger charge is 2.19. The Bertz CT molecular complexity index is 5730. The van der Waals surface area contributed by atoms with Crippen molar-refractivity contribution >= 4 is 139 Å². The maximum Gasteiger partial charge on any atom is 0.272 e. The molecular formula is C93H97Br2ClN22O10S. The number of rotatable bonds is 29. The number of thioether (sulfide) groups is 1. The van der Waals surface area contributed by atoms with E-state index in [1.165, 1.54) is 52.7 Å². The maximum atomic E-state index is 12.3. The largest absolute Gasteiger partial charge is 0.508 e.